The van der Waals surface area contributed by atoms with E-state index in [1.54, 1.807) is 0 Å². The van der Waals surface area contributed by atoms with Crippen molar-refractivity contribution in [3.63, 3.8) is 0 Å². The Balaban J connectivity index is 2.08. The minimum absolute atomic E-state index is 0.792. The van der Waals surface area contributed by atoms with Gasteiger partial charge in [-0.25, -0.2) is 9.97 Å². The topological polar surface area (TPSA) is 42.7 Å². The average Bonchev–Trinajstić information content (AvgIpc) is 2.86. The van der Waals surface area contributed by atoms with E-state index in [-0.39, 0.29) is 0 Å². The van der Waals surface area contributed by atoms with Crippen molar-refractivity contribution >= 4 is 16.9 Å². The molecule has 2 heterocycles. The fraction of sp³-hybridized carbons (Fsp3) is 0.294. The number of benzene rings is 1. The maximum atomic E-state index is 4.78. The van der Waals surface area contributed by atoms with E-state index in [0.717, 1.165) is 36.5 Å². The molecule has 3 rings (SSSR count). The van der Waals surface area contributed by atoms with Crippen LogP contribution in [0.5, 0.6) is 0 Å². The number of pyridine rings is 1. The Kier molecular flexibility index (Phi) is 3.86. The third kappa shape index (κ3) is 2.61. The number of nitrogens with zero attached hydrogens (tertiary/aromatic N) is 3. The summed E-state index contributed by atoms with van der Waals surface area (Å²) in [5, 5.41) is 3.16. The van der Waals surface area contributed by atoms with Crippen LogP contribution in [0.1, 0.15) is 24.7 Å². The van der Waals surface area contributed by atoms with E-state index in [0.29, 0.717) is 0 Å². The van der Waals surface area contributed by atoms with Crippen LogP contribution in [0.3, 0.4) is 0 Å². The Labute approximate surface area is 124 Å². The molecule has 0 amide bonds. The van der Waals surface area contributed by atoms with Crippen LogP contribution in [0.25, 0.3) is 11.0 Å². The summed E-state index contributed by atoms with van der Waals surface area (Å²) in [6.07, 6.45) is 3.90. The molecule has 0 aliphatic rings. The van der Waals surface area contributed by atoms with E-state index < -0.39 is 0 Å². The van der Waals surface area contributed by atoms with Gasteiger partial charge in [0, 0.05) is 25.2 Å². The molecule has 0 fully saturated rings. The maximum Gasteiger partial charge on any atom is 0.130 e. The smallest absolute Gasteiger partial charge is 0.130 e. The fourth-order valence-corrected chi connectivity index (χ4v) is 2.68. The number of para-hydroxylation sites is 2. The van der Waals surface area contributed by atoms with Crippen molar-refractivity contribution in [1.29, 1.82) is 0 Å². The lowest BCUT2D eigenvalue weighted by Crippen LogP contribution is -2.08. The molecule has 2 aromatic heterocycles. The van der Waals surface area contributed by atoms with E-state index in [9.17, 15) is 0 Å². The van der Waals surface area contributed by atoms with Gasteiger partial charge in [0.25, 0.3) is 0 Å². The molecule has 0 atom stereocenters. The molecular weight excluding hydrogens is 260 g/mol. The molecule has 0 saturated carbocycles. The number of aryl methyl sites for hydroxylation is 1. The summed E-state index contributed by atoms with van der Waals surface area (Å²) >= 11 is 0. The lowest BCUT2D eigenvalue weighted by Gasteiger charge is -2.12. The molecule has 1 N–H and O–H groups in total. The summed E-state index contributed by atoms with van der Waals surface area (Å²) < 4.78 is 2.30. The minimum Gasteiger partial charge on any atom is -0.373 e. The Morgan fingerprint density at radius 2 is 2.00 bits per heavy atom. The van der Waals surface area contributed by atoms with E-state index >= 15 is 0 Å². The molecule has 4 nitrogen and oxygen atoms in total. The molecule has 0 aliphatic carbocycles. The molecule has 21 heavy (non-hydrogen) atoms. The van der Waals surface area contributed by atoms with Crippen LogP contribution in [0.2, 0.25) is 0 Å². The van der Waals surface area contributed by atoms with Crippen LogP contribution in [0.4, 0.5) is 5.82 Å². The van der Waals surface area contributed by atoms with Crippen LogP contribution in [-0.2, 0) is 13.0 Å². The highest BCUT2D eigenvalue weighted by Crippen LogP contribution is 2.21. The first-order valence-electron chi connectivity index (χ1n) is 7.39. The molecule has 0 bridgehead atoms. The Morgan fingerprint density at radius 1 is 1.14 bits per heavy atom. The second-order valence-corrected chi connectivity index (χ2v) is 5.11. The molecule has 4 heteroatoms. The fourth-order valence-electron chi connectivity index (χ4n) is 2.68. The maximum absolute atomic E-state index is 4.78. The normalized spacial score (nSPS) is 11.0. The van der Waals surface area contributed by atoms with Gasteiger partial charge in [-0.05, 0) is 24.6 Å². The van der Waals surface area contributed by atoms with Gasteiger partial charge in [0.15, 0.2) is 0 Å². The van der Waals surface area contributed by atoms with Crippen molar-refractivity contribution in [3.05, 3.63) is 54.0 Å². The lowest BCUT2D eigenvalue weighted by atomic mass is 10.2. The van der Waals surface area contributed by atoms with E-state index in [4.69, 9.17) is 4.98 Å². The molecule has 108 valence electrons. The minimum atomic E-state index is 0.792. The summed E-state index contributed by atoms with van der Waals surface area (Å²) in [5.74, 6) is 2.07. The SMILES string of the molecule is CCCc1nc2ccccc2n1Cc1cccnc1NC. The number of anilines is 1. The molecule has 3 aromatic rings. The standard InChI is InChI=1S/C17H20N4/c1-3-7-16-20-14-9-4-5-10-15(14)21(16)12-13-8-6-11-19-17(13)18-2/h4-6,8-11H,3,7,12H2,1-2H3,(H,18,19). The summed E-state index contributed by atoms with van der Waals surface area (Å²) in [6, 6.07) is 12.4. The third-order valence-corrected chi connectivity index (χ3v) is 3.66. The van der Waals surface area contributed by atoms with E-state index in [1.165, 1.54) is 11.1 Å². The highest BCUT2D eigenvalue weighted by atomic mass is 15.1. The van der Waals surface area contributed by atoms with Gasteiger partial charge in [0.1, 0.15) is 11.6 Å². The van der Waals surface area contributed by atoms with Gasteiger partial charge in [0.2, 0.25) is 0 Å². The predicted octanol–water partition coefficient (Wildman–Crippen LogP) is 3.47. The number of aromatic nitrogens is 3. The highest BCUT2D eigenvalue weighted by Gasteiger charge is 2.11. The summed E-state index contributed by atoms with van der Waals surface area (Å²) in [7, 11) is 1.91. The zero-order valence-corrected chi connectivity index (χ0v) is 12.5. The molecule has 0 aliphatic heterocycles. The average molecular weight is 280 g/mol. The number of fused-ring (bicyclic) bond motifs is 1. The number of hydrogen-bond acceptors (Lipinski definition) is 3. The summed E-state index contributed by atoms with van der Waals surface area (Å²) in [6.45, 7) is 2.98. The first kappa shape index (κ1) is 13.6. The van der Waals surface area contributed by atoms with Crippen molar-refractivity contribution in [2.45, 2.75) is 26.3 Å². The van der Waals surface area contributed by atoms with E-state index in [1.807, 2.05) is 25.4 Å². The molecular formula is C17H20N4. The van der Waals surface area contributed by atoms with Gasteiger partial charge in [0.05, 0.1) is 17.6 Å². The van der Waals surface area contributed by atoms with Gasteiger partial charge in [-0.15, -0.1) is 0 Å². The van der Waals surface area contributed by atoms with Crippen LogP contribution >= 0.6 is 0 Å². The Bertz CT molecular complexity index is 745. The Morgan fingerprint density at radius 3 is 2.81 bits per heavy atom. The van der Waals surface area contributed by atoms with Crippen molar-refractivity contribution in [2.24, 2.45) is 0 Å². The van der Waals surface area contributed by atoms with Crippen molar-refractivity contribution in [2.75, 3.05) is 12.4 Å². The van der Waals surface area contributed by atoms with Gasteiger partial charge in [-0.3, -0.25) is 0 Å². The van der Waals surface area contributed by atoms with Crippen LogP contribution < -0.4 is 5.32 Å². The predicted molar refractivity (Wildman–Crippen MR) is 86.6 cm³/mol. The number of hydrogen-bond donors (Lipinski definition) is 1. The van der Waals surface area contributed by atoms with Crippen molar-refractivity contribution in [3.8, 4) is 0 Å². The second-order valence-electron chi connectivity index (χ2n) is 5.11. The zero-order chi connectivity index (χ0) is 14.7. The molecule has 0 unspecified atom stereocenters. The van der Waals surface area contributed by atoms with Gasteiger partial charge >= 0.3 is 0 Å². The van der Waals surface area contributed by atoms with Crippen molar-refractivity contribution < 1.29 is 0 Å². The zero-order valence-electron chi connectivity index (χ0n) is 12.5. The molecule has 0 saturated heterocycles. The first-order valence-corrected chi connectivity index (χ1v) is 7.39. The van der Waals surface area contributed by atoms with Gasteiger partial charge < -0.3 is 9.88 Å². The molecule has 1 aromatic carbocycles. The largest absolute Gasteiger partial charge is 0.373 e. The molecule has 0 radical (unpaired) electrons. The number of rotatable bonds is 5. The number of nitrogens with one attached hydrogen (secondary N) is 1. The number of imidazole rings is 1. The monoisotopic (exact) mass is 280 g/mol. The van der Waals surface area contributed by atoms with Gasteiger partial charge in [-0.2, -0.15) is 0 Å². The lowest BCUT2D eigenvalue weighted by molar-refractivity contribution is 0.721. The van der Waals surface area contributed by atoms with Crippen LogP contribution in [-0.4, -0.2) is 21.6 Å². The second kappa shape index (κ2) is 5.95. The van der Waals surface area contributed by atoms with Crippen molar-refractivity contribution in [1.82, 2.24) is 14.5 Å². The molecule has 0 spiro atoms. The van der Waals surface area contributed by atoms with Crippen LogP contribution in [0.15, 0.2) is 42.6 Å². The van der Waals surface area contributed by atoms with E-state index in [2.05, 4.69) is 46.1 Å². The van der Waals surface area contributed by atoms with Crippen LogP contribution in [0, 0.1) is 0 Å². The highest BCUT2D eigenvalue weighted by molar-refractivity contribution is 5.76. The summed E-state index contributed by atoms with van der Waals surface area (Å²) in [4.78, 5) is 9.16. The third-order valence-electron chi connectivity index (χ3n) is 3.66. The quantitative estimate of drug-likeness (QED) is 0.778. The van der Waals surface area contributed by atoms with Gasteiger partial charge in [-0.1, -0.05) is 25.1 Å². The summed E-state index contributed by atoms with van der Waals surface area (Å²) in [5.41, 5.74) is 3.43. The Hall–Kier alpha value is -2.36. The first-order chi connectivity index (χ1) is 10.3.